The summed E-state index contributed by atoms with van der Waals surface area (Å²) in [6.45, 7) is 0. The Bertz CT molecular complexity index is 327. The molecule has 1 aliphatic heterocycles. The van der Waals surface area contributed by atoms with E-state index in [0.29, 0.717) is 11.4 Å². The van der Waals surface area contributed by atoms with E-state index in [1.54, 1.807) is 24.3 Å². The van der Waals surface area contributed by atoms with E-state index in [1.165, 1.54) is 0 Å². The molecule has 1 amide bonds. The lowest BCUT2D eigenvalue weighted by molar-refractivity contribution is -0.130. The van der Waals surface area contributed by atoms with E-state index >= 15 is 0 Å². The number of anilines is 1. The fourth-order valence-corrected chi connectivity index (χ4v) is 1.03. The van der Waals surface area contributed by atoms with Crippen molar-refractivity contribution in [3.05, 3.63) is 24.3 Å². The minimum atomic E-state index is -1.89. The number of para-hydroxylation sites is 2. The maximum absolute atomic E-state index is 12.6. The van der Waals surface area contributed by atoms with Crippen LogP contribution in [0.1, 0.15) is 0 Å². The lowest BCUT2D eigenvalue weighted by Crippen LogP contribution is -2.33. The summed E-state index contributed by atoms with van der Waals surface area (Å²) in [5, 5.41) is 2.37. The Hall–Kier alpha value is -1.58. The highest BCUT2D eigenvalue weighted by Gasteiger charge is 2.25. The molecule has 0 saturated heterocycles. The Kier molecular flexibility index (Phi) is 1.46. The maximum Gasteiger partial charge on any atom is 0.317 e. The fourth-order valence-electron chi connectivity index (χ4n) is 1.03. The van der Waals surface area contributed by atoms with Crippen molar-refractivity contribution < 1.29 is 13.9 Å². The Labute approximate surface area is 68.1 Å². The highest BCUT2D eigenvalue weighted by atomic mass is 19.1. The van der Waals surface area contributed by atoms with Crippen LogP contribution in [0.2, 0.25) is 0 Å². The van der Waals surface area contributed by atoms with Gasteiger partial charge < -0.3 is 10.1 Å². The predicted molar refractivity (Wildman–Crippen MR) is 40.6 cm³/mol. The van der Waals surface area contributed by atoms with E-state index in [0.717, 1.165) is 0 Å². The zero-order chi connectivity index (χ0) is 8.55. The van der Waals surface area contributed by atoms with E-state index < -0.39 is 12.3 Å². The van der Waals surface area contributed by atoms with Crippen molar-refractivity contribution in [2.24, 2.45) is 0 Å². The van der Waals surface area contributed by atoms with Gasteiger partial charge in [0.2, 0.25) is 0 Å². The van der Waals surface area contributed by atoms with Crippen LogP contribution >= 0.6 is 0 Å². The largest absolute Gasteiger partial charge is 0.450 e. The number of rotatable bonds is 0. The van der Waals surface area contributed by atoms with Crippen molar-refractivity contribution in [1.82, 2.24) is 0 Å². The second kappa shape index (κ2) is 2.48. The van der Waals surface area contributed by atoms with Crippen molar-refractivity contribution in [3.63, 3.8) is 0 Å². The van der Waals surface area contributed by atoms with Crippen molar-refractivity contribution in [2.75, 3.05) is 5.32 Å². The number of benzene rings is 1. The number of carbonyl (C=O) groups is 1. The molecule has 3 nitrogen and oxygen atoms in total. The Morgan fingerprint density at radius 1 is 1.42 bits per heavy atom. The summed E-state index contributed by atoms with van der Waals surface area (Å²) >= 11 is 0. The van der Waals surface area contributed by atoms with Gasteiger partial charge in [-0.1, -0.05) is 12.1 Å². The van der Waals surface area contributed by atoms with Crippen LogP contribution in [0.15, 0.2) is 24.3 Å². The molecule has 4 heteroatoms. The number of alkyl halides is 1. The van der Waals surface area contributed by atoms with Gasteiger partial charge in [-0.25, -0.2) is 0 Å². The second-order valence-corrected chi connectivity index (χ2v) is 2.42. The van der Waals surface area contributed by atoms with Crippen molar-refractivity contribution in [2.45, 2.75) is 6.36 Å². The molecule has 2 rings (SSSR count). The third kappa shape index (κ3) is 1.01. The van der Waals surface area contributed by atoms with Gasteiger partial charge in [0.05, 0.1) is 5.69 Å². The standard InChI is InChI=1S/C8H6FNO2/c9-7-8(11)10-5-3-1-2-4-6(5)12-7/h1-4,7H,(H,10,11). The minimum absolute atomic E-state index is 0.365. The van der Waals surface area contributed by atoms with Crippen LogP contribution in [0.3, 0.4) is 0 Å². The summed E-state index contributed by atoms with van der Waals surface area (Å²) in [5.41, 5.74) is 0.511. The second-order valence-electron chi connectivity index (χ2n) is 2.42. The molecule has 1 aromatic rings. The van der Waals surface area contributed by atoms with Gasteiger partial charge in [0.25, 0.3) is 5.91 Å². The molecule has 1 atom stereocenters. The average molecular weight is 167 g/mol. The molecule has 1 aliphatic rings. The van der Waals surface area contributed by atoms with Crippen LogP contribution < -0.4 is 10.1 Å². The van der Waals surface area contributed by atoms with Gasteiger partial charge in [-0.15, -0.1) is 0 Å². The lowest BCUT2D eigenvalue weighted by Gasteiger charge is -2.19. The predicted octanol–water partition coefficient (Wildman–Crippen LogP) is 1.31. The number of amides is 1. The number of ether oxygens (including phenoxy) is 1. The third-order valence-corrected chi connectivity index (χ3v) is 1.58. The summed E-state index contributed by atoms with van der Waals surface area (Å²) in [7, 11) is 0. The first-order valence-corrected chi connectivity index (χ1v) is 3.48. The molecule has 0 spiro atoms. The number of hydrogen-bond donors (Lipinski definition) is 1. The van der Waals surface area contributed by atoms with Gasteiger partial charge >= 0.3 is 6.36 Å². The van der Waals surface area contributed by atoms with Crippen LogP contribution in [-0.2, 0) is 4.79 Å². The SMILES string of the molecule is O=C1Nc2ccccc2OC1F. The first-order valence-electron chi connectivity index (χ1n) is 3.48. The summed E-state index contributed by atoms with van der Waals surface area (Å²) in [6.07, 6.45) is -1.89. The number of fused-ring (bicyclic) bond motifs is 1. The van der Waals surface area contributed by atoms with Gasteiger partial charge in [-0.05, 0) is 12.1 Å². The quantitative estimate of drug-likeness (QED) is 0.632. The van der Waals surface area contributed by atoms with Crippen LogP contribution in [-0.4, -0.2) is 12.3 Å². The Morgan fingerprint density at radius 2 is 2.17 bits per heavy atom. The van der Waals surface area contributed by atoms with Crippen molar-refractivity contribution in [1.29, 1.82) is 0 Å². The molecule has 0 saturated carbocycles. The molecule has 0 aromatic heterocycles. The van der Waals surface area contributed by atoms with Crippen LogP contribution in [0.25, 0.3) is 0 Å². The van der Waals surface area contributed by atoms with Crippen LogP contribution in [0.5, 0.6) is 5.75 Å². The molecule has 0 fully saturated rings. The first-order chi connectivity index (χ1) is 5.77. The van der Waals surface area contributed by atoms with E-state index in [4.69, 9.17) is 0 Å². The summed E-state index contributed by atoms with van der Waals surface area (Å²) < 4.78 is 17.3. The molecule has 62 valence electrons. The van der Waals surface area contributed by atoms with Gasteiger partial charge in [0.15, 0.2) is 0 Å². The smallest absolute Gasteiger partial charge is 0.317 e. The number of hydrogen-bond acceptors (Lipinski definition) is 2. The molecular formula is C8H6FNO2. The summed E-state index contributed by atoms with van der Waals surface area (Å²) in [6, 6.07) is 6.70. The maximum atomic E-state index is 12.6. The number of halogens is 1. The van der Waals surface area contributed by atoms with E-state index in [-0.39, 0.29) is 0 Å². The summed E-state index contributed by atoms with van der Waals surface area (Å²) in [4.78, 5) is 10.7. The van der Waals surface area contributed by atoms with E-state index in [2.05, 4.69) is 10.1 Å². The van der Waals surface area contributed by atoms with Gasteiger partial charge in [-0.2, -0.15) is 4.39 Å². The molecule has 1 heterocycles. The normalized spacial score (nSPS) is 20.8. The molecule has 0 bridgehead atoms. The summed E-state index contributed by atoms with van der Waals surface area (Å²) in [5.74, 6) is -0.390. The lowest BCUT2D eigenvalue weighted by atomic mass is 10.2. The Morgan fingerprint density at radius 3 is 3.00 bits per heavy atom. The molecular weight excluding hydrogens is 161 g/mol. The zero-order valence-electron chi connectivity index (χ0n) is 6.08. The van der Waals surface area contributed by atoms with E-state index in [1.807, 2.05) is 0 Å². The zero-order valence-corrected chi connectivity index (χ0v) is 6.08. The highest BCUT2D eigenvalue weighted by Crippen LogP contribution is 2.28. The molecule has 12 heavy (non-hydrogen) atoms. The van der Waals surface area contributed by atoms with Gasteiger partial charge in [0.1, 0.15) is 5.75 Å². The van der Waals surface area contributed by atoms with Crippen LogP contribution in [0, 0.1) is 0 Å². The third-order valence-electron chi connectivity index (χ3n) is 1.58. The van der Waals surface area contributed by atoms with E-state index in [9.17, 15) is 9.18 Å². The van der Waals surface area contributed by atoms with Gasteiger partial charge in [-0.3, -0.25) is 4.79 Å². The minimum Gasteiger partial charge on any atom is -0.450 e. The molecule has 1 N–H and O–H groups in total. The molecule has 0 aliphatic carbocycles. The highest BCUT2D eigenvalue weighted by molar-refractivity contribution is 5.96. The molecule has 1 unspecified atom stereocenters. The fraction of sp³-hybridized carbons (Fsp3) is 0.125. The average Bonchev–Trinajstić information content (AvgIpc) is 2.07. The first kappa shape index (κ1) is 7.09. The monoisotopic (exact) mass is 167 g/mol. The molecule has 0 radical (unpaired) electrons. The van der Waals surface area contributed by atoms with Crippen molar-refractivity contribution >= 4 is 11.6 Å². The number of carbonyl (C=O) groups excluding carboxylic acids is 1. The van der Waals surface area contributed by atoms with Gasteiger partial charge in [0, 0.05) is 0 Å². The topological polar surface area (TPSA) is 38.3 Å². The number of nitrogens with one attached hydrogen (secondary N) is 1. The van der Waals surface area contributed by atoms with Crippen LogP contribution in [0.4, 0.5) is 10.1 Å². The van der Waals surface area contributed by atoms with Crippen molar-refractivity contribution in [3.8, 4) is 5.75 Å². The Balaban J connectivity index is 2.40. The molecule has 1 aromatic carbocycles.